The maximum absolute atomic E-state index is 13.2. The first-order chi connectivity index (χ1) is 17.4. The van der Waals surface area contributed by atoms with E-state index in [2.05, 4.69) is 5.32 Å². The zero-order valence-corrected chi connectivity index (χ0v) is 19.9. The van der Waals surface area contributed by atoms with E-state index in [0.717, 1.165) is 44.6 Å². The van der Waals surface area contributed by atoms with Crippen molar-refractivity contribution in [2.24, 2.45) is 0 Å². The number of phenols is 1. The van der Waals surface area contributed by atoms with Crippen LogP contribution in [0.5, 0.6) is 5.75 Å². The first-order valence-electron chi connectivity index (χ1n) is 11.7. The van der Waals surface area contributed by atoms with Crippen molar-refractivity contribution in [3.63, 3.8) is 0 Å². The third kappa shape index (κ3) is 3.55. The van der Waals surface area contributed by atoms with Crippen molar-refractivity contribution >= 4 is 29.2 Å². The molecule has 1 heterocycles. The van der Waals surface area contributed by atoms with Crippen molar-refractivity contribution in [1.29, 1.82) is 0 Å². The highest BCUT2D eigenvalue weighted by Crippen LogP contribution is 2.65. The van der Waals surface area contributed by atoms with Crippen LogP contribution >= 0.6 is 11.6 Å². The number of benzene rings is 4. The minimum Gasteiger partial charge on any atom is -0.507 e. The van der Waals surface area contributed by atoms with Gasteiger partial charge in [0.05, 0.1) is 16.9 Å². The molecule has 3 N–H and O–H groups in total. The molecule has 4 aromatic rings. The van der Waals surface area contributed by atoms with Gasteiger partial charge in [0.1, 0.15) is 5.75 Å². The van der Waals surface area contributed by atoms with Crippen LogP contribution in [0.2, 0.25) is 5.02 Å². The zero-order chi connectivity index (χ0) is 25.0. The van der Waals surface area contributed by atoms with Crippen molar-refractivity contribution in [1.82, 2.24) is 0 Å². The highest BCUT2D eigenvalue weighted by Gasteiger charge is 2.65. The molecule has 36 heavy (non-hydrogen) atoms. The van der Waals surface area contributed by atoms with E-state index < -0.39 is 11.4 Å². The van der Waals surface area contributed by atoms with Gasteiger partial charge in [-0.2, -0.15) is 0 Å². The van der Waals surface area contributed by atoms with Gasteiger partial charge in [-0.05, 0) is 52.4 Å². The molecule has 1 fully saturated rings. The molecule has 1 saturated carbocycles. The SMILES string of the molecule is O=C(O)Cc1cccc(C2CC23C(=O)Nc2cc(Cl)c(-c4ccc(-c5ccccc5O)cc4)cc23)c1. The number of para-hydroxylation sites is 1. The molecule has 0 bridgehead atoms. The Morgan fingerprint density at radius 1 is 0.944 bits per heavy atom. The van der Waals surface area contributed by atoms with Crippen molar-refractivity contribution in [3.8, 4) is 28.0 Å². The number of aromatic hydroxyl groups is 1. The molecule has 2 aliphatic rings. The van der Waals surface area contributed by atoms with Crippen LogP contribution in [0.3, 0.4) is 0 Å². The second-order valence-corrected chi connectivity index (χ2v) is 9.88. The third-order valence-corrected chi connectivity index (χ3v) is 7.63. The molecule has 0 aromatic heterocycles. The van der Waals surface area contributed by atoms with Crippen molar-refractivity contribution in [2.45, 2.75) is 24.2 Å². The van der Waals surface area contributed by atoms with Crippen molar-refractivity contribution in [3.05, 3.63) is 107 Å². The summed E-state index contributed by atoms with van der Waals surface area (Å²) in [5.74, 6) is -0.729. The number of aliphatic carboxylic acids is 1. The standard InChI is InChI=1S/C30H22ClNO4/c31-25-15-26-23(14-22(25)19-10-8-18(9-11-19)21-6-1-2-7-27(21)33)30(29(36)32-26)16-24(30)20-5-3-4-17(12-20)13-28(34)35/h1-12,14-15,24,33H,13,16H2,(H,32,36)(H,34,35). The molecule has 1 spiro atoms. The van der Waals surface area contributed by atoms with Gasteiger partial charge in [0, 0.05) is 22.7 Å². The number of carbonyl (C=O) groups excluding carboxylic acids is 1. The van der Waals surface area contributed by atoms with Crippen molar-refractivity contribution in [2.75, 3.05) is 5.32 Å². The molecule has 5 nitrogen and oxygen atoms in total. The summed E-state index contributed by atoms with van der Waals surface area (Å²) in [5, 5.41) is 22.9. The lowest BCUT2D eigenvalue weighted by molar-refractivity contribution is -0.136. The second kappa shape index (κ2) is 8.25. The van der Waals surface area contributed by atoms with Crippen LogP contribution in [0.15, 0.2) is 84.9 Å². The van der Waals surface area contributed by atoms with E-state index in [9.17, 15) is 14.7 Å². The molecule has 6 rings (SSSR count). The predicted octanol–water partition coefficient (Wildman–Crippen LogP) is 6.38. The minimum absolute atomic E-state index is 0.0232. The third-order valence-electron chi connectivity index (χ3n) is 7.32. The number of hydrogen-bond acceptors (Lipinski definition) is 3. The van der Waals surface area contributed by atoms with E-state index in [-0.39, 0.29) is 24.0 Å². The largest absolute Gasteiger partial charge is 0.507 e. The molecule has 1 aliphatic carbocycles. The van der Waals surface area contributed by atoms with E-state index in [4.69, 9.17) is 16.7 Å². The number of phenolic OH excluding ortho intramolecular Hbond substituents is 1. The Morgan fingerprint density at radius 2 is 1.67 bits per heavy atom. The number of nitrogens with one attached hydrogen (secondary N) is 1. The van der Waals surface area contributed by atoms with Gasteiger partial charge >= 0.3 is 5.97 Å². The summed E-state index contributed by atoms with van der Waals surface area (Å²) in [6, 6.07) is 26.3. The molecule has 4 aromatic carbocycles. The van der Waals surface area contributed by atoms with Crippen LogP contribution in [0.25, 0.3) is 22.3 Å². The average molecular weight is 496 g/mol. The van der Waals surface area contributed by atoms with Crippen LogP contribution in [0.1, 0.15) is 29.0 Å². The first-order valence-corrected chi connectivity index (χ1v) is 12.1. The van der Waals surface area contributed by atoms with Gasteiger partial charge in [-0.1, -0.05) is 78.3 Å². The molecule has 0 saturated heterocycles. The summed E-state index contributed by atoms with van der Waals surface area (Å²) in [5.41, 5.74) is 6.07. The highest BCUT2D eigenvalue weighted by molar-refractivity contribution is 6.34. The number of rotatable bonds is 5. The number of carboxylic acids is 1. The molecule has 0 radical (unpaired) electrons. The van der Waals surface area contributed by atoms with Crippen molar-refractivity contribution < 1.29 is 19.8 Å². The molecule has 2 atom stereocenters. The molecular formula is C30H22ClNO4. The summed E-state index contributed by atoms with van der Waals surface area (Å²) < 4.78 is 0. The first kappa shape index (κ1) is 22.4. The lowest BCUT2D eigenvalue weighted by atomic mass is 9.89. The monoisotopic (exact) mass is 495 g/mol. The number of halogens is 1. The Bertz CT molecular complexity index is 1550. The van der Waals surface area contributed by atoms with Crippen LogP contribution in [-0.2, 0) is 21.4 Å². The Morgan fingerprint density at radius 3 is 2.39 bits per heavy atom. The summed E-state index contributed by atoms with van der Waals surface area (Å²) in [6.45, 7) is 0. The van der Waals surface area contributed by atoms with Gasteiger partial charge in [0.25, 0.3) is 0 Å². The summed E-state index contributed by atoms with van der Waals surface area (Å²) in [7, 11) is 0. The highest BCUT2D eigenvalue weighted by atomic mass is 35.5. The van der Waals surface area contributed by atoms with E-state index in [1.165, 1.54) is 0 Å². The summed E-state index contributed by atoms with van der Waals surface area (Å²) in [6.07, 6.45) is 0.614. The topological polar surface area (TPSA) is 86.6 Å². The normalized spacial score (nSPS) is 19.7. The Hall–Kier alpha value is -4.09. The van der Waals surface area contributed by atoms with Gasteiger partial charge < -0.3 is 15.5 Å². The average Bonchev–Trinajstić information content (AvgIpc) is 3.55. The number of carbonyl (C=O) groups is 2. The minimum atomic E-state index is -0.880. The number of hydrogen-bond donors (Lipinski definition) is 3. The van der Waals surface area contributed by atoms with E-state index in [1.54, 1.807) is 18.2 Å². The fraction of sp³-hybridized carbons (Fsp3) is 0.133. The summed E-state index contributed by atoms with van der Waals surface area (Å²) in [4.78, 5) is 24.3. The van der Waals surface area contributed by atoms with Gasteiger partial charge in [-0.3, -0.25) is 9.59 Å². The molecule has 1 amide bonds. The maximum Gasteiger partial charge on any atom is 0.307 e. The van der Waals surface area contributed by atoms with Gasteiger partial charge in [-0.25, -0.2) is 0 Å². The smallest absolute Gasteiger partial charge is 0.307 e. The quantitative estimate of drug-likeness (QED) is 0.299. The van der Waals surface area contributed by atoms with E-state index >= 15 is 0 Å². The number of fused-ring (bicyclic) bond motifs is 2. The second-order valence-electron chi connectivity index (χ2n) is 9.47. The fourth-order valence-corrected chi connectivity index (χ4v) is 5.75. The number of amides is 1. The molecule has 2 unspecified atom stereocenters. The van der Waals surface area contributed by atoms with Gasteiger partial charge in [0.15, 0.2) is 0 Å². The molecule has 1 aliphatic heterocycles. The van der Waals surface area contributed by atoms with Gasteiger partial charge in [0.2, 0.25) is 5.91 Å². The predicted molar refractivity (Wildman–Crippen MR) is 139 cm³/mol. The van der Waals surface area contributed by atoms with Crippen LogP contribution in [-0.4, -0.2) is 22.1 Å². The zero-order valence-electron chi connectivity index (χ0n) is 19.2. The fourth-order valence-electron chi connectivity index (χ4n) is 5.48. The van der Waals surface area contributed by atoms with Crippen LogP contribution in [0, 0.1) is 0 Å². The van der Waals surface area contributed by atoms with Gasteiger partial charge in [-0.15, -0.1) is 0 Å². The van der Waals surface area contributed by atoms with E-state index in [0.29, 0.717) is 11.4 Å². The molecule has 6 heteroatoms. The van der Waals surface area contributed by atoms with E-state index in [1.807, 2.05) is 66.7 Å². The van der Waals surface area contributed by atoms with Crippen LogP contribution < -0.4 is 5.32 Å². The molecule has 178 valence electrons. The lowest BCUT2D eigenvalue weighted by Crippen LogP contribution is -2.21. The number of carboxylic acid groups (broad SMARTS) is 1. The number of anilines is 1. The lowest BCUT2D eigenvalue weighted by Gasteiger charge is -2.13. The Balaban J connectivity index is 1.36. The van der Waals surface area contributed by atoms with Crippen LogP contribution in [0.4, 0.5) is 5.69 Å². The Kier molecular flexibility index (Phi) is 5.13. The molecular weight excluding hydrogens is 474 g/mol. The Labute approximate surface area is 213 Å². The summed E-state index contributed by atoms with van der Waals surface area (Å²) >= 11 is 6.66. The maximum atomic E-state index is 13.2.